The molecule has 1 aliphatic carbocycles. The van der Waals surface area contributed by atoms with E-state index in [4.69, 9.17) is 9.63 Å². The van der Waals surface area contributed by atoms with Crippen LogP contribution in [0.4, 0.5) is 14.5 Å². The van der Waals surface area contributed by atoms with Crippen LogP contribution in [0, 0.1) is 11.8 Å². The molecule has 1 amide bonds. The van der Waals surface area contributed by atoms with Gasteiger partial charge in [-0.05, 0) is 25.0 Å². The third-order valence-electron chi connectivity index (χ3n) is 6.05. The number of anilines is 1. The van der Waals surface area contributed by atoms with Crippen molar-refractivity contribution in [1.29, 1.82) is 0 Å². The Bertz CT molecular complexity index is 1440. The largest absolute Gasteiger partial charge is 0.370 e. The third-order valence-corrected chi connectivity index (χ3v) is 7.61. The van der Waals surface area contributed by atoms with Gasteiger partial charge in [-0.25, -0.2) is 19.0 Å². The Labute approximate surface area is 226 Å². The summed E-state index contributed by atoms with van der Waals surface area (Å²) in [6.07, 6.45) is 9.75. The van der Waals surface area contributed by atoms with Crippen molar-refractivity contribution in [2.45, 2.75) is 44.9 Å². The first kappa shape index (κ1) is 27.4. The second kappa shape index (κ2) is 12.3. The van der Waals surface area contributed by atoms with E-state index in [-0.39, 0.29) is 35.5 Å². The van der Waals surface area contributed by atoms with E-state index in [1.807, 2.05) is 0 Å². The van der Waals surface area contributed by atoms with Crippen LogP contribution in [-0.2, 0) is 15.8 Å². The van der Waals surface area contributed by atoms with E-state index in [1.165, 1.54) is 22.2 Å². The molecular formula is C23H24F2N7O5PS. The summed E-state index contributed by atoms with van der Waals surface area (Å²) < 4.78 is 41.2. The number of pyridine rings is 1. The van der Waals surface area contributed by atoms with Gasteiger partial charge in [0, 0.05) is 23.3 Å². The standard InChI is InChI=1S/C23H24F2N7O5PS/c24-16-6-7-19(25)29-20(16)21-17(10-32(30-21)15-4-2-1-3-5-15)27-22(34)18-11-39-23(28-18)14-8-26-31(9-14)12-36-38(35)37-13-33/h6-11,15,33,35H,1-5,12-13H2,(H,27,34). The first-order valence-electron chi connectivity index (χ1n) is 12.0. The van der Waals surface area contributed by atoms with Crippen molar-refractivity contribution in [2.75, 3.05) is 12.1 Å². The van der Waals surface area contributed by atoms with E-state index in [9.17, 15) is 18.5 Å². The van der Waals surface area contributed by atoms with Gasteiger partial charge in [0.1, 0.15) is 28.8 Å². The number of carbonyl (C=O) groups is 1. The van der Waals surface area contributed by atoms with Gasteiger partial charge in [-0.15, -0.1) is 11.3 Å². The van der Waals surface area contributed by atoms with Gasteiger partial charge in [0.05, 0.1) is 17.9 Å². The third kappa shape index (κ3) is 6.52. The summed E-state index contributed by atoms with van der Waals surface area (Å²) >= 11 is 1.21. The van der Waals surface area contributed by atoms with Crippen LogP contribution in [0.25, 0.3) is 22.0 Å². The number of thiazole rings is 1. The Morgan fingerprint density at radius 1 is 1.15 bits per heavy atom. The lowest BCUT2D eigenvalue weighted by Crippen LogP contribution is -2.14. The Balaban J connectivity index is 1.35. The fourth-order valence-corrected chi connectivity index (χ4v) is 5.38. The van der Waals surface area contributed by atoms with Crippen LogP contribution in [0.2, 0.25) is 0 Å². The quantitative estimate of drug-likeness (QED) is 0.141. The lowest BCUT2D eigenvalue weighted by Gasteiger charge is -2.21. The van der Waals surface area contributed by atoms with E-state index in [0.717, 1.165) is 44.2 Å². The number of amides is 1. The summed E-state index contributed by atoms with van der Waals surface area (Å²) in [6.45, 7) is -0.799. The van der Waals surface area contributed by atoms with Gasteiger partial charge < -0.3 is 15.3 Å². The Morgan fingerprint density at radius 3 is 2.77 bits per heavy atom. The second-order valence-corrected chi connectivity index (χ2v) is 10.5. The lowest BCUT2D eigenvalue weighted by molar-refractivity contribution is 0.0644. The number of halogens is 2. The summed E-state index contributed by atoms with van der Waals surface area (Å²) in [5.74, 6) is -2.17. The average Bonchev–Trinajstić information content (AvgIpc) is 3.69. The minimum atomic E-state index is -2.24. The topological polar surface area (TPSA) is 149 Å². The van der Waals surface area contributed by atoms with Crippen LogP contribution in [0.3, 0.4) is 0 Å². The molecule has 4 aromatic rings. The van der Waals surface area contributed by atoms with Crippen molar-refractivity contribution in [3.63, 3.8) is 0 Å². The molecule has 39 heavy (non-hydrogen) atoms. The molecular weight excluding hydrogens is 555 g/mol. The first-order valence-corrected chi connectivity index (χ1v) is 14.0. The Hall–Kier alpha value is -3.20. The normalized spacial score (nSPS) is 15.0. The summed E-state index contributed by atoms with van der Waals surface area (Å²) in [7, 11) is -2.24. The number of hydrogen-bond acceptors (Lipinski definition) is 10. The highest BCUT2D eigenvalue weighted by molar-refractivity contribution is 7.40. The van der Waals surface area contributed by atoms with Gasteiger partial charge in [0.15, 0.2) is 12.6 Å². The van der Waals surface area contributed by atoms with E-state index >= 15 is 0 Å². The Kier molecular flexibility index (Phi) is 8.65. The molecule has 4 aromatic heterocycles. The average molecular weight is 580 g/mol. The molecule has 4 heterocycles. The van der Waals surface area contributed by atoms with Crippen molar-refractivity contribution in [1.82, 2.24) is 29.5 Å². The molecule has 5 rings (SSSR count). The molecule has 0 saturated heterocycles. The lowest BCUT2D eigenvalue weighted by atomic mass is 9.96. The molecule has 3 N–H and O–H groups in total. The SMILES string of the molecule is O=C(Nc1cn(C2CCCCC2)nc1-c1nc(F)ccc1F)c1csc(-c2cnn(COP(O)OCO)c2)n1. The van der Waals surface area contributed by atoms with E-state index in [0.29, 0.717) is 10.6 Å². The van der Waals surface area contributed by atoms with Crippen molar-refractivity contribution < 1.29 is 32.6 Å². The van der Waals surface area contributed by atoms with Crippen LogP contribution in [0.1, 0.15) is 48.6 Å². The highest BCUT2D eigenvalue weighted by atomic mass is 32.1. The number of nitrogens with one attached hydrogen (secondary N) is 1. The number of rotatable bonds is 10. The zero-order chi connectivity index (χ0) is 27.4. The fraction of sp³-hybridized carbons (Fsp3) is 0.348. The number of nitrogens with zero attached hydrogens (tertiary/aromatic N) is 6. The number of hydrogen-bond donors (Lipinski definition) is 3. The van der Waals surface area contributed by atoms with Crippen molar-refractivity contribution in [2.24, 2.45) is 0 Å². The smallest absolute Gasteiger partial charge is 0.333 e. The van der Waals surface area contributed by atoms with Gasteiger partial charge in [0.25, 0.3) is 5.91 Å². The maximum absolute atomic E-state index is 14.6. The van der Waals surface area contributed by atoms with Gasteiger partial charge in [-0.3, -0.25) is 18.5 Å². The molecule has 1 unspecified atom stereocenters. The highest BCUT2D eigenvalue weighted by Gasteiger charge is 2.24. The summed E-state index contributed by atoms with van der Waals surface area (Å²) in [4.78, 5) is 30.6. The zero-order valence-electron chi connectivity index (χ0n) is 20.4. The summed E-state index contributed by atoms with van der Waals surface area (Å²) in [5.41, 5.74) is 0.664. The molecule has 1 aliphatic rings. The minimum absolute atomic E-state index is 0.0386. The number of aliphatic hydroxyl groups is 1. The van der Waals surface area contributed by atoms with E-state index in [2.05, 4.69) is 30.0 Å². The first-order chi connectivity index (χ1) is 18.9. The maximum Gasteiger partial charge on any atom is 0.333 e. The summed E-state index contributed by atoms with van der Waals surface area (Å²) in [6, 6.07) is 1.98. The number of aromatic nitrogens is 6. The van der Waals surface area contributed by atoms with E-state index in [1.54, 1.807) is 22.5 Å². The van der Waals surface area contributed by atoms with Gasteiger partial charge in [0.2, 0.25) is 5.95 Å². The van der Waals surface area contributed by atoms with Crippen molar-refractivity contribution >= 4 is 31.5 Å². The fourth-order valence-electron chi connectivity index (χ4n) is 4.21. The van der Waals surface area contributed by atoms with Crippen LogP contribution >= 0.6 is 19.9 Å². The monoisotopic (exact) mass is 579 g/mol. The molecule has 1 fully saturated rings. The molecule has 206 valence electrons. The molecule has 0 bridgehead atoms. The van der Waals surface area contributed by atoms with Gasteiger partial charge in [-0.2, -0.15) is 14.6 Å². The van der Waals surface area contributed by atoms with Gasteiger partial charge >= 0.3 is 8.60 Å². The van der Waals surface area contributed by atoms with Crippen molar-refractivity contribution in [3.8, 4) is 22.0 Å². The zero-order valence-corrected chi connectivity index (χ0v) is 22.1. The Morgan fingerprint density at radius 2 is 1.97 bits per heavy atom. The van der Waals surface area contributed by atoms with Gasteiger partial charge in [-0.1, -0.05) is 19.3 Å². The van der Waals surface area contributed by atoms with Crippen molar-refractivity contribution in [3.05, 3.63) is 53.6 Å². The molecule has 0 spiro atoms. The molecule has 16 heteroatoms. The predicted octanol–water partition coefficient (Wildman–Crippen LogP) is 4.46. The molecule has 1 saturated carbocycles. The number of carbonyl (C=O) groups excluding carboxylic acids is 1. The number of aliphatic hydroxyl groups excluding tert-OH is 1. The van der Waals surface area contributed by atoms with Crippen LogP contribution < -0.4 is 5.32 Å². The molecule has 0 aliphatic heterocycles. The van der Waals surface area contributed by atoms with Crippen LogP contribution in [0.5, 0.6) is 0 Å². The second-order valence-electron chi connectivity index (χ2n) is 8.64. The highest BCUT2D eigenvalue weighted by Crippen LogP contribution is 2.34. The predicted molar refractivity (Wildman–Crippen MR) is 137 cm³/mol. The molecule has 0 aromatic carbocycles. The molecule has 1 atom stereocenters. The molecule has 12 nitrogen and oxygen atoms in total. The van der Waals surface area contributed by atoms with E-state index < -0.39 is 33.1 Å². The van der Waals surface area contributed by atoms with Crippen LogP contribution in [-0.4, -0.2) is 52.2 Å². The maximum atomic E-state index is 14.6. The van der Waals surface area contributed by atoms with Crippen LogP contribution in [0.15, 0.2) is 36.1 Å². The molecule has 0 radical (unpaired) electrons. The summed E-state index contributed by atoms with van der Waals surface area (Å²) in [5, 5.41) is 22.0. The minimum Gasteiger partial charge on any atom is -0.370 e.